The van der Waals surface area contributed by atoms with Gasteiger partial charge >= 0.3 is 0 Å². The second-order valence-electron chi connectivity index (χ2n) is 2.75. The maximum Gasteiger partial charge on any atom is 0.132 e. The summed E-state index contributed by atoms with van der Waals surface area (Å²) >= 11 is 0. The van der Waals surface area contributed by atoms with Gasteiger partial charge in [0.05, 0.1) is 13.6 Å². The molecule has 0 fully saturated rings. The topological polar surface area (TPSA) is 44.6 Å². The van der Waals surface area contributed by atoms with Gasteiger partial charge in [0.15, 0.2) is 0 Å². The Morgan fingerprint density at radius 1 is 1.70 bits per heavy atom. The van der Waals surface area contributed by atoms with E-state index in [-0.39, 0.29) is 16.8 Å². The Kier molecular flexibility index (Phi) is 4.23. The van der Waals surface area contributed by atoms with Crippen LogP contribution in [0, 0.1) is 11.1 Å². The van der Waals surface area contributed by atoms with Crippen molar-refractivity contribution in [2.75, 3.05) is 13.6 Å². The van der Waals surface area contributed by atoms with Crippen LogP contribution in [0.1, 0.15) is 20.3 Å². The maximum absolute atomic E-state index is 10.6. The minimum atomic E-state index is 0.0453. The highest BCUT2D eigenvalue weighted by Crippen LogP contribution is 1.99. The van der Waals surface area contributed by atoms with Crippen LogP contribution in [0.5, 0.6) is 0 Å². The number of Topliss-reactive ketones (excluding diaryl/α,β-unsaturated/α-hetero) is 1. The Balaban J connectivity index is 3.40. The summed E-state index contributed by atoms with van der Waals surface area (Å²) in [6, 6.07) is 0. The number of hydroxylamine groups is 2. The Morgan fingerprint density at radius 2 is 2.20 bits per heavy atom. The molecule has 2 atom stereocenters. The molecule has 0 aromatic carbocycles. The fraction of sp³-hybridized carbons (Fsp3) is 0.857. The first-order chi connectivity index (χ1) is 4.54. The zero-order chi connectivity index (χ0) is 8.15. The number of rotatable bonds is 4. The number of nitrogens with one attached hydrogen (secondary N) is 1. The van der Waals surface area contributed by atoms with Crippen molar-refractivity contribution in [3.63, 3.8) is 0 Å². The lowest BCUT2D eigenvalue weighted by molar-refractivity contribution is -0.826. The number of carbonyl (C=O) groups is 1. The molecule has 3 heteroatoms. The summed E-state index contributed by atoms with van der Waals surface area (Å²) in [6.07, 6.45) is 0.699. The number of carbonyl (C=O) groups excluding carboxylic acids is 1. The van der Waals surface area contributed by atoms with E-state index in [2.05, 4.69) is 0 Å². The van der Waals surface area contributed by atoms with Gasteiger partial charge in [0.1, 0.15) is 5.78 Å². The first kappa shape index (κ1) is 9.59. The third kappa shape index (κ3) is 4.47. The average Bonchev–Trinajstić information content (AvgIpc) is 1.82. The first-order valence-electron chi connectivity index (χ1n) is 3.54. The van der Waals surface area contributed by atoms with Crippen LogP contribution in [-0.4, -0.2) is 19.4 Å². The fourth-order valence-electron chi connectivity index (χ4n) is 0.623. The fourth-order valence-corrected chi connectivity index (χ4v) is 0.623. The molecular formula is C7H15NO2. The predicted octanol–water partition coefficient (Wildman–Crippen LogP) is -0.386. The van der Waals surface area contributed by atoms with Crippen LogP contribution in [0.4, 0.5) is 0 Å². The molecule has 0 saturated heterocycles. The second-order valence-corrected chi connectivity index (χ2v) is 2.75. The van der Waals surface area contributed by atoms with Crippen LogP contribution in [-0.2, 0) is 4.79 Å². The minimum absolute atomic E-state index is 0.0453. The lowest BCUT2D eigenvalue weighted by atomic mass is 10.0. The molecule has 0 aromatic heterocycles. The lowest BCUT2D eigenvalue weighted by Gasteiger charge is -2.17. The van der Waals surface area contributed by atoms with E-state index in [9.17, 15) is 10.0 Å². The van der Waals surface area contributed by atoms with Gasteiger partial charge in [0.25, 0.3) is 0 Å². The summed E-state index contributed by atoms with van der Waals surface area (Å²) in [7, 11) is 1.55. The van der Waals surface area contributed by atoms with Crippen LogP contribution in [0.15, 0.2) is 0 Å². The summed E-state index contributed by atoms with van der Waals surface area (Å²) in [6.45, 7) is 3.94. The van der Waals surface area contributed by atoms with E-state index in [1.54, 1.807) is 14.0 Å². The van der Waals surface area contributed by atoms with Crippen molar-refractivity contribution in [1.82, 2.24) is 0 Å². The molecule has 0 heterocycles. The molecule has 10 heavy (non-hydrogen) atoms. The minimum Gasteiger partial charge on any atom is -0.634 e. The Morgan fingerprint density at radius 3 is 2.50 bits per heavy atom. The van der Waals surface area contributed by atoms with Crippen molar-refractivity contribution in [3.05, 3.63) is 5.21 Å². The molecule has 0 saturated carbocycles. The van der Waals surface area contributed by atoms with Gasteiger partial charge in [0.2, 0.25) is 0 Å². The maximum atomic E-state index is 10.6. The van der Waals surface area contributed by atoms with Crippen LogP contribution in [0.3, 0.4) is 0 Å². The zero-order valence-electron chi connectivity index (χ0n) is 6.81. The standard InChI is InChI=1S/C7H15NO2/c1-6(7(2)9)4-5-8(3)10/h6,8H,4-5H2,1-3H3/t6-/m0/s1. The molecule has 3 nitrogen and oxygen atoms in total. The molecule has 0 rings (SSSR count). The lowest BCUT2D eigenvalue weighted by Crippen LogP contribution is -3.03. The monoisotopic (exact) mass is 145 g/mol. The summed E-state index contributed by atoms with van der Waals surface area (Å²) in [5, 5.41) is 10.6. The smallest absolute Gasteiger partial charge is 0.132 e. The zero-order valence-corrected chi connectivity index (χ0v) is 6.81. The van der Waals surface area contributed by atoms with Crippen molar-refractivity contribution < 1.29 is 9.86 Å². The largest absolute Gasteiger partial charge is 0.634 e. The summed E-state index contributed by atoms with van der Waals surface area (Å²) < 4.78 is 0. The van der Waals surface area contributed by atoms with E-state index in [1.165, 1.54) is 0 Å². The van der Waals surface area contributed by atoms with Gasteiger partial charge in [-0.1, -0.05) is 6.92 Å². The second kappa shape index (κ2) is 4.41. The number of ketones is 1. The molecule has 0 bridgehead atoms. The summed E-state index contributed by atoms with van der Waals surface area (Å²) in [5.74, 6) is 0.213. The van der Waals surface area contributed by atoms with E-state index in [1.807, 2.05) is 6.92 Å². The van der Waals surface area contributed by atoms with Gasteiger partial charge in [0, 0.05) is 12.3 Å². The van der Waals surface area contributed by atoms with Gasteiger partial charge < -0.3 is 10.3 Å². The van der Waals surface area contributed by atoms with Crippen molar-refractivity contribution in [3.8, 4) is 0 Å². The van der Waals surface area contributed by atoms with Crippen LogP contribution in [0.2, 0.25) is 0 Å². The Bertz CT molecular complexity index is 112. The van der Waals surface area contributed by atoms with Crippen molar-refractivity contribution in [2.24, 2.45) is 5.92 Å². The van der Waals surface area contributed by atoms with E-state index in [0.717, 1.165) is 0 Å². The molecule has 0 aromatic rings. The van der Waals surface area contributed by atoms with E-state index in [4.69, 9.17) is 0 Å². The molecular weight excluding hydrogens is 130 g/mol. The first-order valence-corrected chi connectivity index (χ1v) is 3.54. The third-order valence-corrected chi connectivity index (χ3v) is 1.62. The Labute approximate surface area is 61.6 Å². The molecule has 0 aliphatic carbocycles. The van der Waals surface area contributed by atoms with E-state index < -0.39 is 0 Å². The highest BCUT2D eigenvalue weighted by molar-refractivity contribution is 5.77. The highest BCUT2D eigenvalue weighted by atomic mass is 16.5. The van der Waals surface area contributed by atoms with Gasteiger partial charge in [-0.2, -0.15) is 0 Å². The average molecular weight is 145 g/mol. The molecule has 0 amide bonds. The molecule has 0 aliphatic rings. The van der Waals surface area contributed by atoms with Crippen LogP contribution in [0.25, 0.3) is 0 Å². The SMILES string of the molecule is CC(=O)[C@@H](C)CC[NH+](C)[O-]. The number of hydrogen-bond acceptors (Lipinski definition) is 2. The molecule has 0 aliphatic heterocycles. The van der Waals surface area contributed by atoms with Crippen molar-refractivity contribution >= 4 is 5.78 Å². The molecule has 0 radical (unpaired) electrons. The normalized spacial score (nSPS) is 16.4. The quantitative estimate of drug-likeness (QED) is 0.548. The van der Waals surface area contributed by atoms with Crippen LogP contribution >= 0.6 is 0 Å². The van der Waals surface area contributed by atoms with E-state index >= 15 is 0 Å². The Hall–Kier alpha value is -0.410. The number of quaternary nitrogens is 1. The summed E-state index contributed by atoms with van der Waals surface area (Å²) in [5.41, 5.74) is 0. The van der Waals surface area contributed by atoms with E-state index in [0.29, 0.717) is 13.0 Å². The van der Waals surface area contributed by atoms with Crippen molar-refractivity contribution in [1.29, 1.82) is 0 Å². The molecule has 1 unspecified atom stereocenters. The van der Waals surface area contributed by atoms with Gasteiger partial charge in [-0.05, 0) is 6.92 Å². The predicted molar refractivity (Wildman–Crippen MR) is 39.6 cm³/mol. The molecule has 60 valence electrons. The third-order valence-electron chi connectivity index (χ3n) is 1.62. The highest BCUT2D eigenvalue weighted by Gasteiger charge is 2.07. The van der Waals surface area contributed by atoms with Crippen LogP contribution < -0.4 is 5.06 Å². The van der Waals surface area contributed by atoms with Crippen molar-refractivity contribution in [2.45, 2.75) is 20.3 Å². The molecule has 1 N–H and O–H groups in total. The van der Waals surface area contributed by atoms with Gasteiger partial charge in [-0.15, -0.1) is 0 Å². The van der Waals surface area contributed by atoms with Gasteiger partial charge in [-0.3, -0.25) is 4.79 Å². The molecule has 0 spiro atoms. The van der Waals surface area contributed by atoms with Gasteiger partial charge in [-0.25, -0.2) is 0 Å². The number of hydrogen-bond donors (Lipinski definition) is 1. The summed E-state index contributed by atoms with van der Waals surface area (Å²) in [4.78, 5) is 10.6.